The highest BCUT2D eigenvalue weighted by Crippen LogP contribution is 2.16. The van der Waals surface area contributed by atoms with Crippen LogP contribution in [0.2, 0.25) is 5.02 Å². The van der Waals surface area contributed by atoms with E-state index in [1.165, 1.54) is 0 Å². The van der Waals surface area contributed by atoms with Gasteiger partial charge in [0.15, 0.2) is 0 Å². The van der Waals surface area contributed by atoms with Crippen LogP contribution < -0.4 is 0 Å². The van der Waals surface area contributed by atoms with Gasteiger partial charge < -0.3 is 10.2 Å². The molecule has 1 aromatic carbocycles. The van der Waals surface area contributed by atoms with Gasteiger partial charge in [-0.2, -0.15) is 0 Å². The van der Waals surface area contributed by atoms with Gasteiger partial charge in [-0.3, -0.25) is 4.79 Å². The maximum Gasteiger partial charge on any atom is 0.307 e. The summed E-state index contributed by atoms with van der Waals surface area (Å²) < 4.78 is 0. The number of benzene rings is 1. The number of aliphatic hydroxyl groups excluding tert-OH is 1. The molecule has 0 aliphatic carbocycles. The molecular weight excluding hydrogens is 216 g/mol. The minimum Gasteiger partial charge on any atom is -0.481 e. The highest BCUT2D eigenvalue weighted by Gasteiger charge is 2.05. The molecule has 0 atom stereocenters. The molecule has 0 radical (unpaired) electrons. The number of carboxylic acids is 1. The SMILES string of the molecule is O=C(O)Cc1cc(Cl)ccc1C#CCO. The van der Waals surface area contributed by atoms with Crippen molar-refractivity contribution in [3.63, 3.8) is 0 Å². The molecule has 0 bridgehead atoms. The van der Waals surface area contributed by atoms with Gasteiger partial charge in [0, 0.05) is 10.6 Å². The molecule has 0 aromatic heterocycles. The van der Waals surface area contributed by atoms with E-state index in [1.807, 2.05) is 0 Å². The number of aliphatic hydroxyl groups is 1. The van der Waals surface area contributed by atoms with E-state index in [1.54, 1.807) is 18.2 Å². The predicted octanol–water partition coefficient (Wildman–Crippen LogP) is 1.31. The normalized spacial score (nSPS) is 9.20. The van der Waals surface area contributed by atoms with Gasteiger partial charge in [-0.05, 0) is 23.8 Å². The van der Waals surface area contributed by atoms with Crippen LogP contribution in [0.1, 0.15) is 11.1 Å². The molecule has 1 rings (SSSR count). The van der Waals surface area contributed by atoms with Crippen molar-refractivity contribution in [1.29, 1.82) is 0 Å². The Labute approximate surface area is 92.3 Å². The summed E-state index contributed by atoms with van der Waals surface area (Å²) in [5, 5.41) is 17.7. The molecule has 0 fully saturated rings. The standard InChI is InChI=1S/C11H9ClO3/c12-10-4-3-8(2-1-5-13)9(6-10)7-11(14)15/h3-4,6,13H,5,7H2,(H,14,15). The van der Waals surface area contributed by atoms with Crippen molar-refractivity contribution in [3.8, 4) is 11.8 Å². The molecule has 0 saturated carbocycles. The van der Waals surface area contributed by atoms with Gasteiger partial charge in [0.1, 0.15) is 6.61 Å². The first-order valence-electron chi connectivity index (χ1n) is 4.23. The number of hydrogen-bond acceptors (Lipinski definition) is 2. The van der Waals surface area contributed by atoms with E-state index in [-0.39, 0.29) is 13.0 Å². The molecule has 2 N–H and O–H groups in total. The van der Waals surface area contributed by atoms with Crippen LogP contribution >= 0.6 is 11.6 Å². The molecule has 0 heterocycles. The Hall–Kier alpha value is -1.50. The van der Waals surface area contributed by atoms with Crippen LogP contribution in [-0.4, -0.2) is 22.8 Å². The maximum absolute atomic E-state index is 10.6. The van der Waals surface area contributed by atoms with Crippen molar-refractivity contribution in [3.05, 3.63) is 34.3 Å². The first-order chi connectivity index (χ1) is 7.13. The van der Waals surface area contributed by atoms with Gasteiger partial charge in [-0.1, -0.05) is 23.4 Å². The number of rotatable bonds is 2. The van der Waals surface area contributed by atoms with Gasteiger partial charge >= 0.3 is 5.97 Å². The Morgan fingerprint density at radius 1 is 1.47 bits per heavy atom. The van der Waals surface area contributed by atoms with E-state index in [9.17, 15) is 4.79 Å². The van der Waals surface area contributed by atoms with E-state index in [0.29, 0.717) is 16.1 Å². The highest BCUT2D eigenvalue weighted by atomic mass is 35.5. The molecule has 0 unspecified atom stereocenters. The van der Waals surface area contributed by atoms with Gasteiger partial charge in [-0.25, -0.2) is 0 Å². The van der Waals surface area contributed by atoms with Crippen LogP contribution in [0.4, 0.5) is 0 Å². The zero-order chi connectivity index (χ0) is 11.3. The van der Waals surface area contributed by atoms with Gasteiger partial charge in [0.25, 0.3) is 0 Å². The minimum atomic E-state index is -0.940. The Bertz CT molecular complexity index is 429. The number of halogens is 1. The third-order valence-corrected chi connectivity index (χ3v) is 1.95. The zero-order valence-electron chi connectivity index (χ0n) is 7.83. The van der Waals surface area contributed by atoms with Crippen molar-refractivity contribution in [1.82, 2.24) is 0 Å². The van der Waals surface area contributed by atoms with Crippen LogP contribution in [0, 0.1) is 11.8 Å². The predicted molar refractivity (Wildman–Crippen MR) is 56.8 cm³/mol. The van der Waals surface area contributed by atoms with Crippen molar-refractivity contribution in [2.45, 2.75) is 6.42 Å². The molecule has 0 aliphatic heterocycles. The lowest BCUT2D eigenvalue weighted by atomic mass is 10.1. The average molecular weight is 225 g/mol. The minimum absolute atomic E-state index is 0.129. The van der Waals surface area contributed by atoms with Crippen LogP contribution in [-0.2, 0) is 11.2 Å². The summed E-state index contributed by atoms with van der Waals surface area (Å²) in [5.41, 5.74) is 1.13. The van der Waals surface area contributed by atoms with Crippen molar-refractivity contribution in [2.24, 2.45) is 0 Å². The Kier molecular flexibility index (Phi) is 4.17. The lowest BCUT2D eigenvalue weighted by Crippen LogP contribution is -2.02. The summed E-state index contributed by atoms with van der Waals surface area (Å²) in [6.45, 7) is -0.255. The van der Waals surface area contributed by atoms with Crippen LogP contribution in [0.3, 0.4) is 0 Å². The van der Waals surface area contributed by atoms with Crippen molar-refractivity contribution >= 4 is 17.6 Å². The molecule has 0 saturated heterocycles. The fourth-order valence-corrected chi connectivity index (χ4v) is 1.32. The Morgan fingerprint density at radius 3 is 2.80 bits per heavy atom. The van der Waals surface area contributed by atoms with E-state index < -0.39 is 5.97 Å². The molecule has 3 nitrogen and oxygen atoms in total. The first kappa shape index (κ1) is 11.6. The largest absolute Gasteiger partial charge is 0.481 e. The molecule has 0 spiro atoms. The van der Waals surface area contributed by atoms with Crippen LogP contribution in [0.15, 0.2) is 18.2 Å². The van der Waals surface area contributed by atoms with Crippen LogP contribution in [0.5, 0.6) is 0 Å². The molecule has 4 heteroatoms. The van der Waals surface area contributed by atoms with Crippen molar-refractivity contribution < 1.29 is 15.0 Å². The van der Waals surface area contributed by atoms with Crippen molar-refractivity contribution in [2.75, 3.05) is 6.61 Å². The average Bonchev–Trinajstić information content (AvgIpc) is 2.16. The quantitative estimate of drug-likeness (QED) is 0.745. The summed E-state index contributed by atoms with van der Waals surface area (Å²) in [6, 6.07) is 4.84. The fraction of sp³-hybridized carbons (Fsp3) is 0.182. The van der Waals surface area contributed by atoms with E-state index >= 15 is 0 Å². The number of carboxylic acid groups (broad SMARTS) is 1. The topological polar surface area (TPSA) is 57.5 Å². The third kappa shape index (κ3) is 3.62. The number of carbonyl (C=O) groups is 1. The summed E-state index contributed by atoms with van der Waals surface area (Å²) in [7, 11) is 0. The Morgan fingerprint density at radius 2 is 2.20 bits per heavy atom. The molecule has 1 aromatic rings. The summed E-state index contributed by atoms with van der Waals surface area (Å²) in [6.07, 6.45) is -0.129. The first-order valence-corrected chi connectivity index (χ1v) is 4.61. The summed E-state index contributed by atoms with van der Waals surface area (Å²) in [4.78, 5) is 10.6. The fourth-order valence-electron chi connectivity index (χ4n) is 1.13. The van der Waals surface area contributed by atoms with E-state index in [4.69, 9.17) is 21.8 Å². The molecule has 0 aliphatic rings. The Balaban J connectivity index is 3.08. The van der Waals surface area contributed by atoms with Gasteiger partial charge in [0.05, 0.1) is 6.42 Å². The lowest BCUT2D eigenvalue weighted by molar-refractivity contribution is -0.136. The lowest BCUT2D eigenvalue weighted by Gasteiger charge is -2.01. The van der Waals surface area contributed by atoms with Gasteiger partial charge in [0.2, 0.25) is 0 Å². The highest BCUT2D eigenvalue weighted by molar-refractivity contribution is 6.30. The number of aliphatic carboxylic acids is 1. The second kappa shape index (κ2) is 5.40. The summed E-state index contributed by atoms with van der Waals surface area (Å²) >= 11 is 5.74. The third-order valence-electron chi connectivity index (χ3n) is 1.71. The molecule has 78 valence electrons. The zero-order valence-corrected chi connectivity index (χ0v) is 8.58. The molecular formula is C11H9ClO3. The summed E-state index contributed by atoms with van der Waals surface area (Å²) in [5.74, 6) is 4.20. The smallest absolute Gasteiger partial charge is 0.307 e. The monoisotopic (exact) mass is 224 g/mol. The maximum atomic E-state index is 10.6. The molecule has 15 heavy (non-hydrogen) atoms. The number of hydrogen-bond donors (Lipinski definition) is 2. The van der Waals surface area contributed by atoms with E-state index in [2.05, 4.69) is 11.8 Å². The van der Waals surface area contributed by atoms with Gasteiger partial charge in [-0.15, -0.1) is 0 Å². The molecule has 0 amide bonds. The van der Waals surface area contributed by atoms with Crippen LogP contribution in [0.25, 0.3) is 0 Å². The second-order valence-corrected chi connectivity index (χ2v) is 3.27. The second-order valence-electron chi connectivity index (χ2n) is 2.83. The van der Waals surface area contributed by atoms with E-state index in [0.717, 1.165) is 0 Å².